The van der Waals surface area contributed by atoms with Crippen molar-refractivity contribution >= 4 is 32.4 Å². The third-order valence-corrected chi connectivity index (χ3v) is 3.72. The Labute approximate surface area is 98.5 Å². The Bertz CT molecular complexity index is 532. The van der Waals surface area contributed by atoms with Crippen LogP contribution in [-0.4, -0.2) is 8.42 Å². The first-order valence-electron chi connectivity index (χ1n) is 4.10. The fourth-order valence-corrected chi connectivity index (χ4v) is 2.68. The van der Waals surface area contributed by atoms with Gasteiger partial charge in [-0.05, 0) is 24.1 Å². The second kappa shape index (κ2) is 4.44. The summed E-state index contributed by atoms with van der Waals surface area (Å²) in [6.07, 6.45) is 0.514. The van der Waals surface area contributed by atoms with Crippen molar-refractivity contribution in [3.05, 3.63) is 23.3 Å². The van der Waals surface area contributed by atoms with Crippen LogP contribution in [0, 0.1) is 11.3 Å². The molecule has 1 rings (SSSR count). The van der Waals surface area contributed by atoms with Crippen LogP contribution in [0.2, 0.25) is 0 Å². The molecule has 1 aromatic carbocycles. The summed E-state index contributed by atoms with van der Waals surface area (Å²) in [6, 6.07) is 4.67. The lowest BCUT2D eigenvalue weighted by Crippen LogP contribution is -1.99. The second-order valence-corrected chi connectivity index (χ2v) is 5.90. The van der Waals surface area contributed by atoms with Crippen LogP contribution < -0.4 is 0 Å². The normalized spacial score (nSPS) is 11.1. The maximum Gasteiger partial charge on any atom is 0.261 e. The number of nitriles is 1. The van der Waals surface area contributed by atoms with E-state index in [0.717, 1.165) is 0 Å². The van der Waals surface area contributed by atoms with Crippen molar-refractivity contribution in [2.45, 2.75) is 23.1 Å². The molecule has 3 nitrogen and oxygen atoms in total. The molecule has 1 aromatic rings. The molecule has 0 amide bonds. The van der Waals surface area contributed by atoms with E-state index in [4.69, 9.17) is 15.9 Å². The zero-order chi connectivity index (χ0) is 11.6. The minimum absolute atomic E-state index is 0.0129. The van der Waals surface area contributed by atoms with E-state index in [0.29, 0.717) is 16.9 Å². The lowest BCUT2D eigenvalue weighted by Gasteiger charge is -2.06. The van der Waals surface area contributed by atoms with Crippen LogP contribution in [-0.2, 0) is 15.5 Å². The van der Waals surface area contributed by atoms with Crippen molar-refractivity contribution in [1.29, 1.82) is 5.26 Å². The second-order valence-electron chi connectivity index (χ2n) is 2.88. The van der Waals surface area contributed by atoms with E-state index in [2.05, 4.69) is 12.6 Å². The van der Waals surface area contributed by atoms with Crippen LogP contribution in [0.3, 0.4) is 0 Å². The summed E-state index contributed by atoms with van der Waals surface area (Å²) < 4.78 is 22.4. The number of hydrogen-bond acceptors (Lipinski definition) is 4. The molecule has 15 heavy (non-hydrogen) atoms. The molecule has 0 spiro atoms. The highest BCUT2D eigenvalue weighted by Crippen LogP contribution is 2.26. The summed E-state index contributed by atoms with van der Waals surface area (Å²) >= 11 is 4.08. The minimum Gasteiger partial charge on any atom is -0.207 e. The minimum atomic E-state index is -3.81. The van der Waals surface area contributed by atoms with Gasteiger partial charge < -0.3 is 0 Å². The summed E-state index contributed by atoms with van der Waals surface area (Å²) in [5.41, 5.74) is 0.767. The Kier molecular flexibility index (Phi) is 3.66. The van der Waals surface area contributed by atoms with E-state index in [9.17, 15) is 8.42 Å². The third-order valence-electron chi connectivity index (χ3n) is 1.94. The molecule has 0 aliphatic carbocycles. The Hall–Kier alpha value is -0.700. The van der Waals surface area contributed by atoms with E-state index in [1.54, 1.807) is 13.0 Å². The highest BCUT2D eigenvalue weighted by atomic mass is 35.7. The van der Waals surface area contributed by atoms with Crippen molar-refractivity contribution in [3.63, 3.8) is 0 Å². The van der Waals surface area contributed by atoms with Gasteiger partial charge >= 0.3 is 0 Å². The third kappa shape index (κ3) is 2.65. The van der Waals surface area contributed by atoms with E-state index >= 15 is 0 Å². The highest BCUT2D eigenvalue weighted by molar-refractivity contribution is 8.13. The van der Waals surface area contributed by atoms with Gasteiger partial charge in [0.1, 0.15) is 6.07 Å². The van der Waals surface area contributed by atoms with Gasteiger partial charge in [-0.25, -0.2) is 8.42 Å². The zero-order valence-electron chi connectivity index (χ0n) is 7.86. The van der Waals surface area contributed by atoms with Crippen molar-refractivity contribution in [3.8, 4) is 6.07 Å². The van der Waals surface area contributed by atoms with Crippen LogP contribution in [0.1, 0.15) is 18.1 Å². The number of halogens is 1. The molecule has 0 saturated heterocycles. The summed E-state index contributed by atoms with van der Waals surface area (Å²) in [7, 11) is 1.45. The first-order valence-corrected chi connectivity index (χ1v) is 6.86. The average Bonchev–Trinajstić information content (AvgIpc) is 2.15. The van der Waals surface area contributed by atoms with Crippen LogP contribution in [0.5, 0.6) is 0 Å². The van der Waals surface area contributed by atoms with Gasteiger partial charge in [0.2, 0.25) is 0 Å². The molecule has 0 N–H and O–H groups in total. The molecule has 80 valence electrons. The van der Waals surface area contributed by atoms with Crippen molar-refractivity contribution in [1.82, 2.24) is 0 Å². The van der Waals surface area contributed by atoms with Crippen LogP contribution >= 0.6 is 23.3 Å². The fourth-order valence-electron chi connectivity index (χ4n) is 1.20. The van der Waals surface area contributed by atoms with Crippen LogP contribution in [0.25, 0.3) is 0 Å². The number of nitrogens with zero attached hydrogens (tertiary/aromatic N) is 1. The molecule has 0 aliphatic heterocycles. The lowest BCUT2D eigenvalue weighted by atomic mass is 10.1. The topological polar surface area (TPSA) is 57.9 Å². The fraction of sp³-hybridized carbons (Fsp3) is 0.222. The van der Waals surface area contributed by atoms with Gasteiger partial charge in [-0.1, -0.05) is 6.92 Å². The number of hydrogen-bond donors (Lipinski definition) is 1. The van der Waals surface area contributed by atoms with Crippen molar-refractivity contribution in [2.75, 3.05) is 0 Å². The molecule has 0 fully saturated rings. The number of benzene rings is 1. The molecule has 0 aliphatic rings. The lowest BCUT2D eigenvalue weighted by molar-refractivity contribution is 0.608. The van der Waals surface area contributed by atoms with E-state index in [1.807, 2.05) is 6.07 Å². The van der Waals surface area contributed by atoms with E-state index < -0.39 is 9.05 Å². The van der Waals surface area contributed by atoms with Gasteiger partial charge in [0.05, 0.1) is 10.5 Å². The first kappa shape index (κ1) is 12.4. The Morgan fingerprint density at radius 2 is 2.13 bits per heavy atom. The van der Waals surface area contributed by atoms with Gasteiger partial charge in [0.15, 0.2) is 0 Å². The van der Waals surface area contributed by atoms with Gasteiger partial charge in [-0.2, -0.15) is 5.26 Å². The Morgan fingerprint density at radius 3 is 2.53 bits per heavy atom. The van der Waals surface area contributed by atoms with Crippen molar-refractivity contribution < 1.29 is 8.42 Å². The average molecular weight is 262 g/mol. The molecular weight excluding hydrogens is 254 g/mol. The highest BCUT2D eigenvalue weighted by Gasteiger charge is 2.17. The molecule has 0 bridgehead atoms. The molecule has 6 heteroatoms. The predicted octanol–water partition coefficient (Wildman–Crippen LogP) is 2.34. The summed E-state index contributed by atoms with van der Waals surface area (Å²) in [5, 5.41) is 8.74. The van der Waals surface area contributed by atoms with Gasteiger partial charge in [0.25, 0.3) is 9.05 Å². The molecule has 0 heterocycles. The smallest absolute Gasteiger partial charge is 0.207 e. The van der Waals surface area contributed by atoms with Crippen LogP contribution in [0.15, 0.2) is 21.9 Å². The SMILES string of the molecule is CCc1cc(S)c(C#N)cc1S(=O)(=O)Cl. The summed E-state index contributed by atoms with van der Waals surface area (Å²) in [4.78, 5) is 0.444. The van der Waals surface area contributed by atoms with Crippen LogP contribution in [0.4, 0.5) is 0 Å². The zero-order valence-corrected chi connectivity index (χ0v) is 10.3. The first-order chi connectivity index (χ1) is 6.90. The maximum absolute atomic E-state index is 11.2. The number of thiol groups is 1. The largest absolute Gasteiger partial charge is 0.261 e. The predicted molar refractivity (Wildman–Crippen MR) is 60.8 cm³/mol. The van der Waals surface area contributed by atoms with Crippen molar-refractivity contribution in [2.24, 2.45) is 0 Å². The summed E-state index contributed by atoms with van der Waals surface area (Å²) in [6.45, 7) is 1.81. The Balaban J connectivity index is 3.59. The van der Waals surface area contributed by atoms with Gasteiger partial charge in [-0.3, -0.25) is 0 Å². The number of aryl methyl sites for hydroxylation is 1. The quantitative estimate of drug-likeness (QED) is 0.657. The molecule has 0 atom stereocenters. The Morgan fingerprint density at radius 1 is 1.53 bits per heavy atom. The molecule has 0 radical (unpaired) electrons. The van der Waals surface area contributed by atoms with E-state index in [-0.39, 0.29) is 10.5 Å². The van der Waals surface area contributed by atoms with Gasteiger partial charge in [0, 0.05) is 15.6 Å². The molecule has 0 unspecified atom stereocenters. The van der Waals surface area contributed by atoms with E-state index in [1.165, 1.54) is 6.07 Å². The van der Waals surface area contributed by atoms with Gasteiger partial charge in [-0.15, -0.1) is 12.6 Å². The molecular formula is C9H8ClNO2S2. The maximum atomic E-state index is 11.2. The standard InChI is InChI=1S/C9H8ClNO2S2/c1-2-6-3-8(14)7(5-11)4-9(6)15(10,12)13/h3-4,14H,2H2,1H3. The molecule has 0 aromatic heterocycles. The number of rotatable bonds is 2. The monoisotopic (exact) mass is 261 g/mol. The molecule has 0 saturated carbocycles. The summed E-state index contributed by atoms with van der Waals surface area (Å²) in [5.74, 6) is 0.